The van der Waals surface area contributed by atoms with Gasteiger partial charge in [-0.3, -0.25) is 4.79 Å². The maximum atomic E-state index is 13.0. The summed E-state index contributed by atoms with van der Waals surface area (Å²) in [6.45, 7) is 2.09. The van der Waals surface area contributed by atoms with Crippen molar-refractivity contribution in [1.29, 1.82) is 0 Å². The molecule has 1 rings (SSSR count). The Hall–Kier alpha value is -0.700. The highest BCUT2D eigenvalue weighted by Crippen LogP contribution is 2.24. The van der Waals surface area contributed by atoms with Gasteiger partial charge in [-0.25, -0.2) is 4.39 Å². The average Bonchev–Trinajstić information content (AvgIpc) is 2.20. The van der Waals surface area contributed by atoms with Crippen LogP contribution in [0.25, 0.3) is 0 Å². The third-order valence-corrected chi connectivity index (χ3v) is 2.77. The van der Waals surface area contributed by atoms with Gasteiger partial charge < -0.3 is 0 Å². The van der Waals surface area contributed by atoms with Gasteiger partial charge in [0.25, 0.3) is 0 Å². The van der Waals surface area contributed by atoms with Crippen LogP contribution < -0.4 is 0 Å². The summed E-state index contributed by atoms with van der Waals surface area (Å²) in [6, 6.07) is 5.19. The maximum Gasteiger partial charge on any atom is 0.180 e. The van der Waals surface area contributed by atoms with Crippen LogP contribution in [0.1, 0.15) is 30.6 Å². The SMILES string of the molecule is CCCc1ccc(C(F)C=O)cc1Br. The van der Waals surface area contributed by atoms with Gasteiger partial charge in [-0.1, -0.05) is 41.4 Å². The van der Waals surface area contributed by atoms with Crippen molar-refractivity contribution in [2.45, 2.75) is 25.9 Å². The number of alkyl halides is 1. The minimum Gasteiger partial charge on any atom is -0.300 e. The highest BCUT2D eigenvalue weighted by molar-refractivity contribution is 9.10. The fraction of sp³-hybridized carbons (Fsp3) is 0.364. The van der Waals surface area contributed by atoms with Crippen LogP contribution in [0.4, 0.5) is 4.39 Å². The highest BCUT2D eigenvalue weighted by Gasteiger charge is 2.09. The van der Waals surface area contributed by atoms with Gasteiger partial charge in [-0.15, -0.1) is 0 Å². The largest absolute Gasteiger partial charge is 0.300 e. The zero-order chi connectivity index (χ0) is 10.6. The minimum atomic E-state index is -1.51. The third kappa shape index (κ3) is 2.64. The Balaban J connectivity index is 2.93. The molecular formula is C11H12BrFO. The Bertz CT molecular complexity index is 325. The quantitative estimate of drug-likeness (QED) is 0.755. The number of rotatable bonds is 4. The van der Waals surface area contributed by atoms with Gasteiger partial charge in [-0.2, -0.15) is 0 Å². The van der Waals surface area contributed by atoms with Crippen molar-refractivity contribution in [3.63, 3.8) is 0 Å². The average molecular weight is 259 g/mol. The van der Waals surface area contributed by atoms with Crippen molar-refractivity contribution in [2.75, 3.05) is 0 Å². The summed E-state index contributed by atoms with van der Waals surface area (Å²) in [6.07, 6.45) is 0.798. The van der Waals surface area contributed by atoms with E-state index in [1.54, 1.807) is 12.1 Å². The molecule has 0 amide bonds. The van der Waals surface area contributed by atoms with Gasteiger partial charge in [-0.05, 0) is 23.6 Å². The minimum absolute atomic E-state index is 0.307. The zero-order valence-corrected chi connectivity index (χ0v) is 9.55. The molecule has 0 bridgehead atoms. The van der Waals surface area contributed by atoms with E-state index in [-0.39, 0.29) is 0 Å². The lowest BCUT2D eigenvalue weighted by molar-refractivity contribution is -0.112. The first-order valence-electron chi connectivity index (χ1n) is 4.56. The number of aryl methyl sites for hydroxylation is 1. The molecule has 0 aliphatic carbocycles. The normalized spacial score (nSPS) is 12.5. The van der Waals surface area contributed by atoms with Crippen LogP contribution in [0.2, 0.25) is 0 Å². The third-order valence-electron chi connectivity index (χ3n) is 2.03. The molecule has 3 heteroatoms. The Kier molecular flexibility index (Phi) is 4.26. The summed E-state index contributed by atoms with van der Waals surface area (Å²) in [5, 5.41) is 0. The molecule has 1 nitrogen and oxygen atoms in total. The van der Waals surface area contributed by atoms with Crippen LogP contribution in [0, 0.1) is 0 Å². The van der Waals surface area contributed by atoms with Crippen LogP contribution in [0.15, 0.2) is 22.7 Å². The van der Waals surface area contributed by atoms with Gasteiger partial charge in [0.2, 0.25) is 0 Å². The smallest absolute Gasteiger partial charge is 0.180 e. The predicted molar refractivity (Wildman–Crippen MR) is 58.1 cm³/mol. The standard InChI is InChI=1S/C11H12BrFO/c1-2-3-8-4-5-9(6-10(8)12)11(13)7-14/h4-7,11H,2-3H2,1H3. The molecule has 0 spiro atoms. The lowest BCUT2D eigenvalue weighted by atomic mass is 10.1. The molecule has 76 valence electrons. The second-order valence-corrected chi connectivity index (χ2v) is 3.99. The molecule has 0 saturated heterocycles. The molecule has 0 aliphatic heterocycles. The highest BCUT2D eigenvalue weighted by atomic mass is 79.9. The Labute approximate surface area is 91.5 Å². The molecule has 0 fully saturated rings. The number of hydrogen-bond donors (Lipinski definition) is 0. The van der Waals surface area contributed by atoms with Crippen molar-refractivity contribution in [2.24, 2.45) is 0 Å². The number of halogens is 2. The van der Waals surface area contributed by atoms with Crippen LogP contribution in [0.5, 0.6) is 0 Å². The first-order chi connectivity index (χ1) is 6.69. The summed E-state index contributed by atoms with van der Waals surface area (Å²) < 4.78 is 13.8. The molecule has 0 radical (unpaired) electrons. The fourth-order valence-electron chi connectivity index (χ4n) is 1.29. The van der Waals surface area contributed by atoms with Crippen molar-refractivity contribution < 1.29 is 9.18 Å². The van der Waals surface area contributed by atoms with E-state index in [4.69, 9.17) is 0 Å². The van der Waals surface area contributed by atoms with Crippen LogP contribution in [-0.4, -0.2) is 6.29 Å². The van der Waals surface area contributed by atoms with E-state index >= 15 is 0 Å². The molecule has 1 unspecified atom stereocenters. The molecule has 1 atom stereocenters. The molecule has 0 aromatic heterocycles. The Morgan fingerprint density at radius 1 is 1.57 bits per heavy atom. The molecule has 0 N–H and O–H groups in total. The van der Waals surface area contributed by atoms with E-state index in [1.807, 2.05) is 6.07 Å². The van der Waals surface area contributed by atoms with Crippen LogP contribution in [-0.2, 0) is 11.2 Å². The molecule has 1 aromatic carbocycles. The van der Waals surface area contributed by atoms with Crippen molar-refractivity contribution in [3.8, 4) is 0 Å². The summed E-state index contributed by atoms with van der Waals surface area (Å²) in [7, 11) is 0. The number of carbonyl (C=O) groups excluding carboxylic acids is 1. The second kappa shape index (κ2) is 5.25. The van der Waals surface area contributed by atoms with E-state index in [9.17, 15) is 9.18 Å². The first kappa shape index (κ1) is 11.4. The number of hydrogen-bond acceptors (Lipinski definition) is 1. The molecule has 14 heavy (non-hydrogen) atoms. The van der Waals surface area contributed by atoms with Gasteiger partial charge in [0.05, 0.1) is 0 Å². The number of aldehydes is 1. The zero-order valence-electron chi connectivity index (χ0n) is 7.97. The van der Waals surface area contributed by atoms with Gasteiger partial charge >= 0.3 is 0 Å². The van der Waals surface area contributed by atoms with E-state index in [2.05, 4.69) is 22.9 Å². The second-order valence-electron chi connectivity index (χ2n) is 3.14. The lowest BCUT2D eigenvalue weighted by Gasteiger charge is -2.06. The summed E-state index contributed by atoms with van der Waals surface area (Å²) in [4.78, 5) is 10.2. The molecule has 0 aliphatic rings. The monoisotopic (exact) mass is 258 g/mol. The molecule has 0 saturated carbocycles. The van der Waals surface area contributed by atoms with Crippen molar-refractivity contribution in [3.05, 3.63) is 33.8 Å². The summed E-state index contributed by atoms with van der Waals surface area (Å²) in [5.74, 6) is 0. The predicted octanol–water partition coefficient (Wildman–Crippen LogP) is 3.61. The summed E-state index contributed by atoms with van der Waals surface area (Å²) in [5.41, 5.74) is 1.56. The van der Waals surface area contributed by atoms with E-state index in [0.717, 1.165) is 22.9 Å². The number of carbonyl (C=O) groups is 1. The van der Waals surface area contributed by atoms with E-state index in [0.29, 0.717) is 11.8 Å². The van der Waals surface area contributed by atoms with Crippen LogP contribution in [0.3, 0.4) is 0 Å². The van der Waals surface area contributed by atoms with Gasteiger partial charge in [0, 0.05) is 4.47 Å². The lowest BCUT2D eigenvalue weighted by Crippen LogP contribution is -1.94. The van der Waals surface area contributed by atoms with Crippen molar-refractivity contribution >= 4 is 22.2 Å². The van der Waals surface area contributed by atoms with E-state index in [1.165, 1.54) is 0 Å². The fourth-order valence-corrected chi connectivity index (χ4v) is 1.88. The van der Waals surface area contributed by atoms with E-state index < -0.39 is 6.17 Å². The molecule has 1 aromatic rings. The number of benzene rings is 1. The molecular weight excluding hydrogens is 247 g/mol. The Morgan fingerprint density at radius 2 is 2.29 bits per heavy atom. The Morgan fingerprint density at radius 3 is 2.79 bits per heavy atom. The topological polar surface area (TPSA) is 17.1 Å². The van der Waals surface area contributed by atoms with Crippen LogP contribution >= 0.6 is 15.9 Å². The van der Waals surface area contributed by atoms with Crippen molar-refractivity contribution in [1.82, 2.24) is 0 Å². The van der Waals surface area contributed by atoms with Gasteiger partial charge in [0.15, 0.2) is 12.5 Å². The van der Waals surface area contributed by atoms with Gasteiger partial charge in [0.1, 0.15) is 0 Å². The first-order valence-corrected chi connectivity index (χ1v) is 5.36. The summed E-state index contributed by atoms with van der Waals surface area (Å²) >= 11 is 3.36. The maximum absolute atomic E-state index is 13.0. The molecule has 0 heterocycles.